The third-order valence-electron chi connectivity index (χ3n) is 2.19. The lowest BCUT2D eigenvalue weighted by molar-refractivity contribution is -0.251. The van der Waals surface area contributed by atoms with Crippen molar-refractivity contribution in [1.29, 1.82) is 0 Å². The van der Waals surface area contributed by atoms with Crippen molar-refractivity contribution in [2.75, 3.05) is 6.61 Å². The highest BCUT2D eigenvalue weighted by molar-refractivity contribution is 8.11. The fourth-order valence-electron chi connectivity index (χ4n) is 1.40. The van der Waals surface area contributed by atoms with Crippen molar-refractivity contribution in [3.63, 3.8) is 0 Å². The van der Waals surface area contributed by atoms with Crippen molar-refractivity contribution in [2.45, 2.75) is 30.6 Å². The molecule has 0 bridgehead atoms. The molecule has 1 aliphatic rings. The van der Waals surface area contributed by atoms with Gasteiger partial charge < -0.3 is 30.5 Å². The first kappa shape index (κ1) is 13.1. The van der Waals surface area contributed by atoms with Crippen molar-refractivity contribution in [3.8, 4) is 0 Å². The maximum atomic E-state index is 9.60. The Kier molecular flexibility index (Phi) is 4.71. The van der Waals surface area contributed by atoms with Crippen LogP contribution in [0.25, 0.3) is 0 Å². The van der Waals surface area contributed by atoms with Crippen molar-refractivity contribution < 1.29 is 25.2 Å². The quantitative estimate of drug-likeness (QED) is 0.241. The summed E-state index contributed by atoms with van der Waals surface area (Å²) < 4.78 is 4.94. The van der Waals surface area contributed by atoms with Crippen LogP contribution in [-0.4, -0.2) is 62.0 Å². The van der Waals surface area contributed by atoms with Gasteiger partial charge in [-0.3, -0.25) is 0 Å². The molecule has 0 amide bonds. The summed E-state index contributed by atoms with van der Waals surface area (Å²) >= 11 is 8.40. The van der Waals surface area contributed by atoms with E-state index in [1.54, 1.807) is 0 Å². The monoisotopic (exact) mass is 255 g/mol. The number of thiol groups is 1. The van der Waals surface area contributed by atoms with Gasteiger partial charge in [0.1, 0.15) is 28.7 Å². The summed E-state index contributed by atoms with van der Waals surface area (Å²) in [6.07, 6.45) is -4.97. The lowest BCUT2D eigenvalue weighted by Gasteiger charge is -2.40. The fraction of sp³-hybridized carbons (Fsp3) is 0.857. The summed E-state index contributed by atoms with van der Waals surface area (Å²) in [6, 6.07) is -0.965. The zero-order valence-electron chi connectivity index (χ0n) is 7.65. The SMILES string of the molecule is OC[C@H]1OC(O)[C@H](NC(=S)S)[C@@H](O)[C@@H]1O. The van der Waals surface area contributed by atoms with Crippen LogP contribution in [0.3, 0.4) is 0 Å². The molecule has 0 radical (unpaired) electrons. The van der Waals surface area contributed by atoms with E-state index in [0.717, 1.165) is 0 Å². The molecule has 0 aliphatic carbocycles. The van der Waals surface area contributed by atoms with Crippen LogP contribution in [0.2, 0.25) is 0 Å². The summed E-state index contributed by atoms with van der Waals surface area (Å²) in [5.41, 5.74) is 0. The van der Waals surface area contributed by atoms with Crippen molar-refractivity contribution in [1.82, 2.24) is 5.32 Å². The molecule has 1 fully saturated rings. The zero-order chi connectivity index (χ0) is 11.6. The van der Waals surface area contributed by atoms with Crippen LogP contribution in [-0.2, 0) is 4.74 Å². The third-order valence-corrected chi connectivity index (χ3v) is 2.44. The van der Waals surface area contributed by atoms with E-state index >= 15 is 0 Å². The van der Waals surface area contributed by atoms with Crippen LogP contribution in [0.15, 0.2) is 0 Å². The molecule has 1 heterocycles. The number of aliphatic hydroxyl groups is 4. The topological polar surface area (TPSA) is 102 Å². The summed E-state index contributed by atoms with van der Waals surface area (Å²) in [6.45, 7) is -0.493. The van der Waals surface area contributed by atoms with Crippen molar-refractivity contribution >= 4 is 29.2 Å². The number of thiocarbonyl (C=S) groups is 1. The fourth-order valence-corrected chi connectivity index (χ4v) is 1.68. The number of aliphatic hydroxyl groups excluding tert-OH is 4. The molecule has 1 rings (SSSR count). The number of hydrogen-bond donors (Lipinski definition) is 6. The molecule has 1 aliphatic heterocycles. The number of rotatable bonds is 2. The Bertz CT molecular complexity index is 241. The molecule has 0 aromatic rings. The van der Waals surface area contributed by atoms with Gasteiger partial charge in [-0.2, -0.15) is 0 Å². The predicted octanol–water partition coefficient (Wildman–Crippen LogP) is -2.41. The highest BCUT2D eigenvalue weighted by Gasteiger charge is 2.43. The average Bonchev–Trinajstić information content (AvgIpc) is 2.18. The zero-order valence-corrected chi connectivity index (χ0v) is 9.36. The van der Waals surface area contributed by atoms with Gasteiger partial charge >= 0.3 is 0 Å². The van der Waals surface area contributed by atoms with Crippen molar-refractivity contribution in [3.05, 3.63) is 0 Å². The molecule has 1 saturated heterocycles. The Hall–Kier alpha value is 0.0400. The summed E-state index contributed by atoms with van der Waals surface area (Å²) in [5, 5.41) is 39.8. The molecule has 15 heavy (non-hydrogen) atoms. The maximum absolute atomic E-state index is 9.60. The molecule has 8 heteroatoms. The van der Waals surface area contributed by atoms with Crippen LogP contribution < -0.4 is 5.32 Å². The smallest absolute Gasteiger partial charge is 0.178 e. The van der Waals surface area contributed by atoms with Gasteiger partial charge in [0.25, 0.3) is 0 Å². The first-order valence-corrected chi connectivity index (χ1v) is 5.13. The van der Waals surface area contributed by atoms with E-state index in [4.69, 9.17) is 9.84 Å². The van der Waals surface area contributed by atoms with Crippen molar-refractivity contribution in [2.24, 2.45) is 0 Å². The van der Waals surface area contributed by atoms with Crippen LogP contribution in [0.1, 0.15) is 0 Å². The summed E-state index contributed by atoms with van der Waals surface area (Å²) in [4.78, 5) is 0. The number of hydrogen-bond acceptors (Lipinski definition) is 6. The Balaban J connectivity index is 2.70. The molecular weight excluding hydrogens is 242 g/mol. The molecule has 0 saturated carbocycles. The van der Waals surface area contributed by atoms with E-state index in [1.807, 2.05) is 0 Å². The molecule has 5 N–H and O–H groups in total. The number of nitrogens with one attached hydrogen (secondary N) is 1. The number of ether oxygens (including phenoxy) is 1. The first-order valence-electron chi connectivity index (χ1n) is 4.27. The lowest BCUT2D eigenvalue weighted by Crippen LogP contribution is -2.63. The molecule has 6 nitrogen and oxygen atoms in total. The first-order chi connectivity index (χ1) is 6.97. The predicted molar refractivity (Wildman–Crippen MR) is 58.5 cm³/mol. The normalized spacial score (nSPS) is 41.3. The van der Waals surface area contributed by atoms with Gasteiger partial charge in [-0.05, 0) is 0 Å². The lowest BCUT2D eigenvalue weighted by atomic mass is 9.97. The van der Waals surface area contributed by atoms with E-state index in [9.17, 15) is 15.3 Å². The van der Waals surface area contributed by atoms with E-state index < -0.39 is 37.3 Å². The largest absolute Gasteiger partial charge is 0.394 e. The summed E-state index contributed by atoms with van der Waals surface area (Å²) in [7, 11) is 0. The Morgan fingerprint density at radius 1 is 1.33 bits per heavy atom. The highest BCUT2D eigenvalue weighted by Crippen LogP contribution is 2.19. The van der Waals surface area contributed by atoms with Gasteiger partial charge in [0.05, 0.1) is 6.61 Å². The average molecular weight is 255 g/mol. The van der Waals surface area contributed by atoms with Gasteiger partial charge in [-0.15, -0.1) is 12.6 Å². The van der Waals surface area contributed by atoms with Crippen LogP contribution >= 0.6 is 24.8 Å². The molecule has 0 aromatic heterocycles. The second kappa shape index (κ2) is 5.39. The van der Waals surface area contributed by atoms with Crippen LogP contribution in [0, 0.1) is 0 Å². The summed E-state index contributed by atoms with van der Waals surface area (Å²) in [5.74, 6) is 0. The van der Waals surface area contributed by atoms with E-state index in [2.05, 4.69) is 30.2 Å². The Morgan fingerprint density at radius 2 is 1.93 bits per heavy atom. The van der Waals surface area contributed by atoms with Gasteiger partial charge in [0.15, 0.2) is 6.29 Å². The minimum atomic E-state index is -1.37. The second-order valence-corrected chi connectivity index (χ2v) is 4.36. The minimum Gasteiger partial charge on any atom is -0.394 e. The highest BCUT2D eigenvalue weighted by atomic mass is 32.1. The standard InChI is InChI=1S/C7H13NO5S2/c9-1-2-4(10)5(11)3(6(12)13-2)8-7(14)15/h2-6,9-12H,1H2,(H2,8,14,15)/t2-,3-,4-,5-,6?/m1/s1. The maximum Gasteiger partial charge on any atom is 0.178 e. The van der Waals surface area contributed by atoms with Gasteiger partial charge in [0, 0.05) is 0 Å². The molecule has 88 valence electrons. The second-order valence-electron chi connectivity index (χ2n) is 3.20. The van der Waals surface area contributed by atoms with Gasteiger partial charge in [-0.25, -0.2) is 0 Å². The van der Waals surface area contributed by atoms with Gasteiger partial charge in [0.2, 0.25) is 0 Å². The van der Waals surface area contributed by atoms with Crippen LogP contribution in [0.4, 0.5) is 0 Å². The molecule has 1 unspecified atom stereocenters. The molecule has 5 atom stereocenters. The molecule has 0 spiro atoms. The molecular formula is C7H13NO5S2. The Labute approximate surface area is 97.3 Å². The van der Waals surface area contributed by atoms with E-state index in [1.165, 1.54) is 0 Å². The van der Waals surface area contributed by atoms with E-state index in [0.29, 0.717) is 0 Å². The third kappa shape index (κ3) is 3.00. The molecule has 0 aromatic carbocycles. The van der Waals surface area contributed by atoms with Gasteiger partial charge in [-0.1, -0.05) is 12.2 Å². The Morgan fingerprint density at radius 3 is 2.40 bits per heavy atom. The van der Waals surface area contributed by atoms with E-state index in [-0.39, 0.29) is 4.32 Å². The van der Waals surface area contributed by atoms with Crippen LogP contribution in [0.5, 0.6) is 0 Å². The minimum absolute atomic E-state index is 0.0661.